The molecule has 0 spiro atoms. The van der Waals surface area contributed by atoms with E-state index in [1.54, 1.807) is 7.11 Å². The summed E-state index contributed by atoms with van der Waals surface area (Å²) >= 11 is 0. The van der Waals surface area contributed by atoms with Crippen molar-refractivity contribution in [2.45, 2.75) is 26.4 Å². The predicted molar refractivity (Wildman–Crippen MR) is 72.7 cm³/mol. The summed E-state index contributed by atoms with van der Waals surface area (Å²) in [5.41, 5.74) is 0.820. The molecule has 0 aromatic carbocycles. The monoisotopic (exact) mass is 267 g/mol. The molecular weight excluding hydrogens is 245 g/mol. The number of pyridine rings is 1. The summed E-state index contributed by atoms with van der Waals surface area (Å²) in [6, 6.07) is 2.10. The summed E-state index contributed by atoms with van der Waals surface area (Å²) in [4.78, 5) is 8.74. The molecule has 1 aliphatic heterocycles. The van der Waals surface area contributed by atoms with E-state index in [1.165, 1.54) is 12.3 Å². The molecule has 0 bridgehead atoms. The number of piperazine rings is 1. The second kappa shape index (κ2) is 6.30. The SMILES string of the molecule is COc1ncc(F)cc1CN1CCN(C(C)C)CC1. The van der Waals surface area contributed by atoms with Gasteiger partial charge < -0.3 is 4.74 Å². The van der Waals surface area contributed by atoms with Crippen LogP contribution in [0.1, 0.15) is 19.4 Å². The third kappa shape index (κ3) is 3.64. The third-order valence-electron chi connectivity index (χ3n) is 3.62. The van der Waals surface area contributed by atoms with Gasteiger partial charge in [0, 0.05) is 44.3 Å². The molecule has 0 N–H and O–H groups in total. The second-order valence-corrected chi connectivity index (χ2v) is 5.23. The van der Waals surface area contributed by atoms with E-state index < -0.39 is 0 Å². The lowest BCUT2D eigenvalue weighted by atomic mass is 10.2. The van der Waals surface area contributed by atoms with Crippen LogP contribution in [0, 0.1) is 5.82 Å². The summed E-state index contributed by atoms with van der Waals surface area (Å²) in [6.45, 7) is 9.24. The Kier molecular flexibility index (Phi) is 4.71. The highest BCUT2D eigenvalue weighted by Crippen LogP contribution is 2.19. The smallest absolute Gasteiger partial charge is 0.217 e. The van der Waals surface area contributed by atoms with E-state index in [2.05, 4.69) is 28.6 Å². The van der Waals surface area contributed by atoms with Crippen molar-refractivity contribution >= 4 is 0 Å². The highest BCUT2D eigenvalue weighted by Gasteiger charge is 2.20. The quantitative estimate of drug-likeness (QED) is 0.831. The lowest BCUT2D eigenvalue weighted by molar-refractivity contribution is 0.103. The zero-order valence-corrected chi connectivity index (χ0v) is 11.9. The Balaban J connectivity index is 1.97. The Morgan fingerprint density at radius 1 is 1.32 bits per heavy atom. The molecule has 0 amide bonds. The molecule has 4 nitrogen and oxygen atoms in total. The molecule has 1 aromatic heterocycles. The van der Waals surface area contributed by atoms with Gasteiger partial charge >= 0.3 is 0 Å². The van der Waals surface area contributed by atoms with Crippen LogP contribution in [-0.2, 0) is 6.54 Å². The fourth-order valence-corrected chi connectivity index (χ4v) is 2.44. The van der Waals surface area contributed by atoms with Gasteiger partial charge in [0.05, 0.1) is 13.3 Å². The van der Waals surface area contributed by atoms with Crippen LogP contribution in [0.2, 0.25) is 0 Å². The topological polar surface area (TPSA) is 28.6 Å². The van der Waals surface area contributed by atoms with Crippen molar-refractivity contribution in [1.29, 1.82) is 0 Å². The van der Waals surface area contributed by atoms with E-state index >= 15 is 0 Å². The Morgan fingerprint density at radius 3 is 2.58 bits per heavy atom. The number of nitrogens with zero attached hydrogens (tertiary/aromatic N) is 3. The van der Waals surface area contributed by atoms with Gasteiger partial charge in [0.15, 0.2) is 0 Å². The van der Waals surface area contributed by atoms with Gasteiger partial charge in [-0.2, -0.15) is 0 Å². The molecule has 0 aliphatic carbocycles. The fourth-order valence-electron chi connectivity index (χ4n) is 2.44. The van der Waals surface area contributed by atoms with Gasteiger partial charge in [-0.15, -0.1) is 0 Å². The third-order valence-corrected chi connectivity index (χ3v) is 3.62. The summed E-state index contributed by atoms with van der Waals surface area (Å²) in [7, 11) is 1.57. The normalized spacial score (nSPS) is 17.9. The fraction of sp³-hybridized carbons (Fsp3) is 0.643. The van der Waals surface area contributed by atoms with Crippen LogP contribution in [0.15, 0.2) is 12.3 Å². The molecular formula is C14H22FN3O. The van der Waals surface area contributed by atoms with E-state index in [9.17, 15) is 4.39 Å². The van der Waals surface area contributed by atoms with Crippen molar-refractivity contribution < 1.29 is 9.13 Å². The first-order valence-corrected chi connectivity index (χ1v) is 6.75. The summed E-state index contributed by atoms with van der Waals surface area (Å²) in [6.07, 6.45) is 1.19. The number of methoxy groups -OCH3 is 1. The van der Waals surface area contributed by atoms with Crippen molar-refractivity contribution in [3.05, 3.63) is 23.6 Å². The van der Waals surface area contributed by atoms with Crippen LogP contribution in [0.5, 0.6) is 5.88 Å². The molecule has 0 atom stereocenters. The largest absolute Gasteiger partial charge is 0.481 e. The first-order chi connectivity index (χ1) is 9.10. The van der Waals surface area contributed by atoms with Crippen LogP contribution in [0.25, 0.3) is 0 Å². The molecule has 2 heterocycles. The number of hydrogen-bond acceptors (Lipinski definition) is 4. The average molecular weight is 267 g/mol. The predicted octanol–water partition coefficient (Wildman–Crippen LogP) is 1.76. The lowest BCUT2D eigenvalue weighted by Crippen LogP contribution is -2.48. The molecule has 19 heavy (non-hydrogen) atoms. The van der Waals surface area contributed by atoms with Crippen molar-refractivity contribution in [1.82, 2.24) is 14.8 Å². The molecule has 1 aliphatic rings. The maximum absolute atomic E-state index is 13.3. The molecule has 0 radical (unpaired) electrons. The van der Waals surface area contributed by atoms with Gasteiger partial charge in [-0.25, -0.2) is 9.37 Å². The van der Waals surface area contributed by atoms with E-state index in [4.69, 9.17) is 4.74 Å². The Morgan fingerprint density at radius 2 is 2.00 bits per heavy atom. The molecule has 1 aromatic rings. The van der Waals surface area contributed by atoms with Crippen molar-refractivity contribution in [2.75, 3.05) is 33.3 Å². The number of halogens is 1. The minimum atomic E-state index is -0.309. The maximum Gasteiger partial charge on any atom is 0.217 e. The maximum atomic E-state index is 13.3. The average Bonchev–Trinajstić information content (AvgIpc) is 2.39. The summed E-state index contributed by atoms with van der Waals surface area (Å²) in [5.74, 6) is 0.212. The highest BCUT2D eigenvalue weighted by atomic mass is 19.1. The molecule has 1 fully saturated rings. The number of ether oxygens (including phenoxy) is 1. The summed E-state index contributed by atoms with van der Waals surface area (Å²) in [5, 5.41) is 0. The summed E-state index contributed by atoms with van der Waals surface area (Å²) < 4.78 is 18.4. The minimum absolute atomic E-state index is 0.309. The van der Waals surface area contributed by atoms with Crippen LogP contribution < -0.4 is 4.74 Å². The Hall–Kier alpha value is -1.20. The van der Waals surface area contributed by atoms with Gasteiger partial charge in [-0.1, -0.05) is 0 Å². The first-order valence-electron chi connectivity index (χ1n) is 6.75. The van der Waals surface area contributed by atoms with E-state index in [-0.39, 0.29) is 5.82 Å². The van der Waals surface area contributed by atoms with Gasteiger partial charge in [0.2, 0.25) is 5.88 Å². The van der Waals surface area contributed by atoms with Crippen molar-refractivity contribution in [3.8, 4) is 5.88 Å². The second-order valence-electron chi connectivity index (χ2n) is 5.23. The van der Waals surface area contributed by atoms with Gasteiger partial charge in [-0.05, 0) is 19.9 Å². The number of hydrogen-bond donors (Lipinski definition) is 0. The van der Waals surface area contributed by atoms with Gasteiger partial charge in [0.25, 0.3) is 0 Å². The minimum Gasteiger partial charge on any atom is -0.481 e. The molecule has 0 unspecified atom stereocenters. The van der Waals surface area contributed by atoms with E-state index in [0.29, 0.717) is 18.5 Å². The molecule has 1 saturated heterocycles. The molecule has 106 valence electrons. The van der Waals surface area contributed by atoms with Crippen molar-refractivity contribution in [2.24, 2.45) is 0 Å². The van der Waals surface area contributed by atoms with Gasteiger partial charge in [-0.3, -0.25) is 9.80 Å². The zero-order valence-electron chi connectivity index (χ0n) is 11.9. The standard InChI is InChI=1S/C14H22FN3O/c1-11(2)18-6-4-17(5-7-18)10-12-8-13(15)9-16-14(12)19-3/h8-9,11H,4-7,10H2,1-3H3. The first kappa shape index (κ1) is 14.2. The van der Waals surface area contributed by atoms with Crippen LogP contribution >= 0.6 is 0 Å². The Labute approximate surface area is 114 Å². The molecule has 5 heteroatoms. The number of rotatable bonds is 4. The highest BCUT2D eigenvalue weighted by molar-refractivity contribution is 5.26. The zero-order chi connectivity index (χ0) is 13.8. The Bertz CT molecular complexity index is 417. The van der Waals surface area contributed by atoms with Crippen LogP contribution in [0.4, 0.5) is 4.39 Å². The van der Waals surface area contributed by atoms with Gasteiger partial charge in [0.1, 0.15) is 5.82 Å². The van der Waals surface area contributed by atoms with E-state index in [1.807, 2.05) is 0 Å². The molecule has 0 saturated carbocycles. The van der Waals surface area contributed by atoms with E-state index in [0.717, 1.165) is 31.7 Å². The molecule has 2 rings (SSSR count). The van der Waals surface area contributed by atoms with Crippen LogP contribution in [0.3, 0.4) is 0 Å². The lowest BCUT2D eigenvalue weighted by Gasteiger charge is -2.37. The van der Waals surface area contributed by atoms with Crippen LogP contribution in [-0.4, -0.2) is 54.1 Å². The van der Waals surface area contributed by atoms with Crippen molar-refractivity contribution in [3.63, 3.8) is 0 Å². The number of aromatic nitrogens is 1.